The molecule has 2 unspecified atom stereocenters. The molecule has 3 rings (SSSR count). The van der Waals surface area contributed by atoms with Crippen molar-refractivity contribution in [2.24, 2.45) is 5.73 Å². The number of fused-ring (bicyclic) bond motifs is 1. The van der Waals surface area contributed by atoms with E-state index in [1.807, 2.05) is 0 Å². The predicted octanol–water partition coefficient (Wildman–Crippen LogP) is 2.68. The summed E-state index contributed by atoms with van der Waals surface area (Å²) in [6, 6.07) is 0.664. The van der Waals surface area contributed by atoms with E-state index in [2.05, 4.69) is 4.90 Å². The molecular formula is C16H30N2O. The fourth-order valence-corrected chi connectivity index (χ4v) is 4.69. The van der Waals surface area contributed by atoms with Crippen molar-refractivity contribution in [1.82, 2.24) is 4.90 Å². The molecule has 2 atom stereocenters. The fraction of sp³-hybridized carbons (Fsp3) is 1.00. The van der Waals surface area contributed by atoms with E-state index in [1.165, 1.54) is 64.2 Å². The molecule has 0 aromatic heterocycles. The molecule has 3 aliphatic rings. The van der Waals surface area contributed by atoms with E-state index in [1.54, 1.807) is 0 Å². The van der Waals surface area contributed by atoms with Gasteiger partial charge in [-0.15, -0.1) is 0 Å². The Morgan fingerprint density at radius 3 is 2.47 bits per heavy atom. The Morgan fingerprint density at radius 1 is 1.00 bits per heavy atom. The molecule has 0 amide bonds. The molecule has 3 fully saturated rings. The van der Waals surface area contributed by atoms with Crippen LogP contribution in [-0.2, 0) is 4.74 Å². The topological polar surface area (TPSA) is 38.5 Å². The molecule has 2 saturated carbocycles. The van der Waals surface area contributed by atoms with Gasteiger partial charge in [0, 0.05) is 24.7 Å². The minimum atomic E-state index is 0.289. The first-order chi connectivity index (χ1) is 9.36. The lowest BCUT2D eigenvalue weighted by atomic mass is 9.81. The largest absolute Gasteiger partial charge is 0.375 e. The molecule has 0 aromatic carbocycles. The third kappa shape index (κ3) is 2.70. The molecule has 0 bridgehead atoms. The quantitative estimate of drug-likeness (QED) is 0.835. The molecular weight excluding hydrogens is 236 g/mol. The van der Waals surface area contributed by atoms with Crippen molar-refractivity contribution < 1.29 is 4.74 Å². The highest BCUT2D eigenvalue weighted by Gasteiger charge is 2.45. The smallest absolute Gasteiger partial charge is 0.0731 e. The summed E-state index contributed by atoms with van der Waals surface area (Å²) < 4.78 is 5.99. The van der Waals surface area contributed by atoms with Crippen LogP contribution < -0.4 is 5.73 Å². The van der Waals surface area contributed by atoms with Crippen molar-refractivity contribution in [3.05, 3.63) is 0 Å². The lowest BCUT2D eigenvalue weighted by Gasteiger charge is -2.51. The zero-order chi connectivity index (χ0) is 13.1. The summed E-state index contributed by atoms with van der Waals surface area (Å²) >= 11 is 0. The third-order valence-corrected chi connectivity index (χ3v) is 5.76. The monoisotopic (exact) mass is 266 g/mol. The van der Waals surface area contributed by atoms with Crippen LogP contribution in [0.2, 0.25) is 0 Å². The molecule has 3 heteroatoms. The van der Waals surface area contributed by atoms with E-state index in [0.29, 0.717) is 12.1 Å². The number of hydrogen-bond acceptors (Lipinski definition) is 3. The van der Waals surface area contributed by atoms with Gasteiger partial charge in [-0.25, -0.2) is 0 Å². The highest BCUT2D eigenvalue weighted by Crippen LogP contribution is 2.39. The maximum Gasteiger partial charge on any atom is 0.0731 e. The zero-order valence-electron chi connectivity index (χ0n) is 12.3. The van der Waals surface area contributed by atoms with E-state index < -0.39 is 0 Å². The van der Waals surface area contributed by atoms with Crippen LogP contribution >= 0.6 is 0 Å². The van der Waals surface area contributed by atoms with Gasteiger partial charge in [-0.05, 0) is 32.1 Å². The predicted molar refractivity (Wildman–Crippen MR) is 78.2 cm³/mol. The molecule has 2 N–H and O–H groups in total. The molecule has 1 aliphatic heterocycles. The Balaban J connectivity index is 1.78. The zero-order valence-corrected chi connectivity index (χ0v) is 12.3. The van der Waals surface area contributed by atoms with Crippen LogP contribution in [0.3, 0.4) is 0 Å². The van der Waals surface area contributed by atoms with E-state index in [4.69, 9.17) is 10.5 Å². The minimum absolute atomic E-state index is 0.289. The molecule has 0 spiro atoms. The summed E-state index contributed by atoms with van der Waals surface area (Å²) in [7, 11) is 0. The van der Waals surface area contributed by atoms with Crippen LogP contribution in [-0.4, -0.2) is 42.3 Å². The fourth-order valence-electron chi connectivity index (χ4n) is 4.69. The van der Waals surface area contributed by atoms with Gasteiger partial charge in [0.2, 0.25) is 0 Å². The first kappa shape index (κ1) is 13.8. The summed E-state index contributed by atoms with van der Waals surface area (Å²) in [5, 5.41) is 0. The van der Waals surface area contributed by atoms with E-state index >= 15 is 0 Å². The maximum atomic E-state index is 6.29. The van der Waals surface area contributed by atoms with Crippen molar-refractivity contribution in [1.29, 1.82) is 0 Å². The van der Waals surface area contributed by atoms with Crippen LogP contribution in [0, 0.1) is 0 Å². The summed E-state index contributed by atoms with van der Waals surface area (Å²) in [6.07, 6.45) is 14.0. The van der Waals surface area contributed by atoms with Gasteiger partial charge in [-0.1, -0.05) is 32.1 Å². The molecule has 3 nitrogen and oxygen atoms in total. The molecule has 0 aromatic rings. The second-order valence-electron chi connectivity index (χ2n) is 6.80. The van der Waals surface area contributed by atoms with Crippen LogP contribution in [0.1, 0.15) is 64.2 Å². The third-order valence-electron chi connectivity index (χ3n) is 5.76. The summed E-state index contributed by atoms with van der Waals surface area (Å²) in [5.74, 6) is 0. The van der Waals surface area contributed by atoms with Crippen molar-refractivity contribution in [3.8, 4) is 0 Å². The Morgan fingerprint density at radius 2 is 1.74 bits per heavy atom. The molecule has 0 radical (unpaired) electrons. The second kappa shape index (κ2) is 6.11. The molecule has 110 valence electrons. The van der Waals surface area contributed by atoms with Gasteiger partial charge in [0.05, 0.1) is 12.7 Å². The lowest BCUT2D eigenvalue weighted by molar-refractivity contribution is -0.103. The Labute approximate surface area is 117 Å². The summed E-state index contributed by atoms with van der Waals surface area (Å²) in [4.78, 5) is 2.79. The van der Waals surface area contributed by atoms with E-state index in [-0.39, 0.29) is 5.54 Å². The maximum absolute atomic E-state index is 6.29. The van der Waals surface area contributed by atoms with Crippen LogP contribution in [0.25, 0.3) is 0 Å². The number of hydrogen-bond donors (Lipinski definition) is 1. The first-order valence-electron chi connectivity index (χ1n) is 8.44. The van der Waals surface area contributed by atoms with Crippen molar-refractivity contribution in [2.45, 2.75) is 81.9 Å². The second-order valence-corrected chi connectivity index (χ2v) is 6.80. The average molecular weight is 266 g/mol. The minimum Gasteiger partial charge on any atom is -0.375 e. The number of morpholine rings is 1. The molecule has 19 heavy (non-hydrogen) atoms. The highest BCUT2D eigenvalue weighted by molar-refractivity contribution is 5.01. The van der Waals surface area contributed by atoms with Gasteiger partial charge in [-0.2, -0.15) is 0 Å². The Hall–Kier alpha value is -0.120. The number of ether oxygens (including phenoxy) is 1. The molecule has 1 saturated heterocycles. The Bertz CT molecular complexity index is 286. The van der Waals surface area contributed by atoms with Gasteiger partial charge in [-0.3, -0.25) is 4.90 Å². The van der Waals surface area contributed by atoms with Crippen molar-refractivity contribution >= 4 is 0 Å². The molecule has 1 heterocycles. The summed E-state index contributed by atoms with van der Waals surface area (Å²) in [5.41, 5.74) is 6.58. The highest BCUT2D eigenvalue weighted by atomic mass is 16.5. The van der Waals surface area contributed by atoms with Gasteiger partial charge in [0.15, 0.2) is 0 Å². The first-order valence-corrected chi connectivity index (χ1v) is 8.44. The Kier molecular flexibility index (Phi) is 4.45. The SMILES string of the molecule is NCC1(N2CCOC3CCCC32)CCCCCCC1. The van der Waals surface area contributed by atoms with E-state index in [0.717, 1.165) is 19.7 Å². The van der Waals surface area contributed by atoms with Crippen molar-refractivity contribution in [2.75, 3.05) is 19.7 Å². The summed E-state index contributed by atoms with van der Waals surface area (Å²) in [6.45, 7) is 2.87. The number of nitrogens with two attached hydrogens (primary N) is 1. The van der Waals surface area contributed by atoms with Crippen LogP contribution in [0.5, 0.6) is 0 Å². The van der Waals surface area contributed by atoms with Gasteiger partial charge in [0.1, 0.15) is 0 Å². The van der Waals surface area contributed by atoms with Crippen LogP contribution in [0.4, 0.5) is 0 Å². The van der Waals surface area contributed by atoms with Crippen molar-refractivity contribution in [3.63, 3.8) is 0 Å². The van der Waals surface area contributed by atoms with Crippen LogP contribution in [0.15, 0.2) is 0 Å². The van der Waals surface area contributed by atoms with Gasteiger partial charge in [0.25, 0.3) is 0 Å². The normalized spacial score (nSPS) is 36.5. The van der Waals surface area contributed by atoms with Gasteiger partial charge >= 0.3 is 0 Å². The molecule has 2 aliphatic carbocycles. The average Bonchev–Trinajstić information content (AvgIpc) is 2.88. The van der Waals surface area contributed by atoms with E-state index in [9.17, 15) is 0 Å². The number of nitrogens with zero attached hydrogens (tertiary/aromatic N) is 1. The standard InChI is InChI=1S/C16H30N2O/c17-13-16(9-4-2-1-3-5-10-16)18-11-12-19-15-8-6-7-14(15)18/h14-15H,1-13,17H2. The number of rotatable bonds is 2. The lowest BCUT2D eigenvalue weighted by Crippen LogP contribution is -2.63. The van der Waals surface area contributed by atoms with Gasteiger partial charge < -0.3 is 10.5 Å².